The number of amides is 2. The zero-order chi connectivity index (χ0) is 22.4. The Labute approximate surface area is 182 Å². The molecule has 9 nitrogen and oxygen atoms in total. The number of aromatic nitrogens is 1. The lowest BCUT2D eigenvalue weighted by atomic mass is 9.86. The summed E-state index contributed by atoms with van der Waals surface area (Å²) in [5.41, 5.74) is 5.35. The van der Waals surface area contributed by atoms with E-state index in [1.165, 1.54) is 24.8 Å². The molecule has 1 aliphatic carbocycles. The highest BCUT2D eigenvalue weighted by molar-refractivity contribution is 7.89. The molecule has 1 aromatic rings. The first kappa shape index (κ1) is 23.3. The van der Waals surface area contributed by atoms with E-state index in [9.17, 15) is 22.8 Å². The van der Waals surface area contributed by atoms with E-state index in [-0.39, 0.29) is 30.8 Å². The minimum absolute atomic E-state index is 0.0284. The van der Waals surface area contributed by atoms with Gasteiger partial charge in [-0.2, -0.15) is 8.42 Å². The highest BCUT2D eigenvalue weighted by Crippen LogP contribution is 2.29. The van der Waals surface area contributed by atoms with Crippen molar-refractivity contribution in [3.8, 4) is 0 Å². The number of hydrogen-bond acceptors (Lipinski definition) is 7. The summed E-state index contributed by atoms with van der Waals surface area (Å²) in [6, 6.07) is 2.47. The summed E-state index contributed by atoms with van der Waals surface area (Å²) < 4.78 is 27.5. The standard InChI is InChI=1S/C21H30N4O5S/c22-21(28)16-10-11-17(18(26)14-24-16)25(31(29,30)19-8-4-5-13-23-19)20(27)12-9-15-6-2-1-3-7-15/h4-5,8,13,15-17,24H,1-3,6-7,9-12,14H2,(H2,22,28)/t16-,17+/m1/s1. The predicted molar refractivity (Wildman–Crippen MR) is 113 cm³/mol. The fourth-order valence-electron chi connectivity index (χ4n) is 4.41. The van der Waals surface area contributed by atoms with E-state index in [1.54, 1.807) is 6.07 Å². The molecular formula is C21H30N4O5S. The van der Waals surface area contributed by atoms with Gasteiger partial charge in [0.1, 0.15) is 6.04 Å². The third-order valence-electron chi connectivity index (χ3n) is 6.15. The molecule has 1 aromatic heterocycles. The molecule has 1 aliphatic heterocycles. The number of hydrogen-bond donors (Lipinski definition) is 2. The van der Waals surface area contributed by atoms with Gasteiger partial charge in [0, 0.05) is 12.6 Å². The van der Waals surface area contributed by atoms with Gasteiger partial charge in [-0.3, -0.25) is 19.7 Å². The van der Waals surface area contributed by atoms with Crippen LogP contribution in [0.5, 0.6) is 0 Å². The first-order chi connectivity index (χ1) is 14.8. The Morgan fingerprint density at radius 2 is 1.87 bits per heavy atom. The number of primary amides is 1. The maximum absolute atomic E-state index is 13.4. The number of carbonyl (C=O) groups is 3. The molecule has 0 radical (unpaired) electrons. The highest BCUT2D eigenvalue weighted by atomic mass is 32.2. The fraction of sp³-hybridized carbons (Fsp3) is 0.619. The Morgan fingerprint density at radius 1 is 1.13 bits per heavy atom. The molecule has 2 fully saturated rings. The van der Waals surface area contributed by atoms with Crippen LogP contribution in [-0.2, 0) is 24.4 Å². The number of sulfonamides is 1. The number of ketones is 1. The number of nitrogens with zero attached hydrogens (tertiary/aromatic N) is 2. The zero-order valence-electron chi connectivity index (χ0n) is 17.5. The third kappa shape index (κ3) is 5.68. The zero-order valence-corrected chi connectivity index (χ0v) is 18.4. The summed E-state index contributed by atoms with van der Waals surface area (Å²) in [4.78, 5) is 41.5. The first-order valence-corrected chi connectivity index (χ1v) is 12.3. The molecule has 3 N–H and O–H groups in total. The molecule has 2 amide bonds. The molecule has 1 saturated carbocycles. The summed E-state index contributed by atoms with van der Waals surface area (Å²) in [7, 11) is -4.33. The van der Waals surface area contributed by atoms with Crippen LogP contribution in [0.15, 0.2) is 29.4 Å². The molecule has 170 valence electrons. The van der Waals surface area contributed by atoms with Crippen molar-refractivity contribution in [2.75, 3.05) is 6.54 Å². The lowest BCUT2D eigenvalue weighted by molar-refractivity contribution is -0.134. The molecular weight excluding hydrogens is 420 g/mol. The van der Waals surface area contributed by atoms with Gasteiger partial charge in [0.2, 0.25) is 11.8 Å². The maximum Gasteiger partial charge on any atom is 0.284 e. The monoisotopic (exact) mass is 450 g/mol. The van der Waals surface area contributed by atoms with E-state index < -0.39 is 39.7 Å². The van der Waals surface area contributed by atoms with E-state index in [4.69, 9.17) is 5.73 Å². The van der Waals surface area contributed by atoms with E-state index >= 15 is 0 Å². The van der Waals surface area contributed by atoms with Crippen LogP contribution in [0.1, 0.15) is 57.8 Å². The quantitative estimate of drug-likeness (QED) is 0.635. The second-order valence-corrected chi connectivity index (χ2v) is 10.1. The lowest BCUT2D eigenvalue weighted by Crippen LogP contribution is -2.50. The van der Waals surface area contributed by atoms with Gasteiger partial charge in [0.15, 0.2) is 10.8 Å². The Bertz CT molecular complexity index is 900. The summed E-state index contributed by atoms with van der Waals surface area (Å²) in [6.45, 7) is -0.234. The minimum atomic E-state index is -4.33. The number of nitrogens with one attached hydrogen (secondary N) is 1. The molecule has 2 heterocycles. The van der Waals surface area contributed by atoms with E-state index in [0.29, 0.717) is 16.6 Å². The molecule has 1 saturated heterocycles. The molecule has 2 atom stereocenters. The van der Waals surface area contributed by atoms with Gasteiger partial charge in [-0.25, -0.2) is 9.29 Å². The van der Waals surface area contributed by atoms with Crippen LogP contribution in [0, 0.1) is 5.92 Å². The lowest BCUT2D eigenvalue weighted by Gasteiger charge is -2.30. The smallest absolute Gasteiger partial charge is 0.284 e. The maximum atomic E-state index is 13.4. The molecule has 0 spiro atoms. The largest absolute Gasteiger partial charge is 0.368 e. The van der Waals surface area contributed by atoms with E-state index in [1.807, 2.05) is 0 Å². The summed E-state index contributed by atoms with van der Waals surface area (Å²) in [5.74, 6) is -1.29. The van der Waals surface area contributed by atoms with Gasteiger partial charge >= 0.3 is 0 Å². The Balaban J connectivity index is 1.87. The van der Waals surface area contributed by atoms with Crippen molar-refractivity contribution in [2.24, 2.45) is 11.7 Å². The van der Waals surface area contributed by atoms with Crippen molar-refractivity contribution in [3.05, 3.63) is 24.4 Å². The number of nitrogens with two attached hydrogens (primary N) is 1. The second kappa shape index (κ2) is 10.3. The van der Waals surface area contributed by atoms with Crippen molar-refractivity contribution < 1.29 is 22.8 Å². The van der Waals surface area contributed by atoms with Gasteiger partial charge in [-0.05, 0) is 37.3 Å². The third-order valence-corrected chi connectivity index (χ3v) is 7.89. The topological polar surface area (TPSA) is 140 Å². The summed E-state index contributed by atoms with van der Waals surface area (Å²) >= 11 is 0. The van der Waals surface area contributed by atoms with E-state index in [2.05, 4.69) is 10.3 Å². The molecule has 3 rings (SSSR count). The van der Waals surface area contributed by atoms with Crippen LogP contribution in [0.4, 0.5) is 0 Å². The van der Waals surface area contributed by atoms with Crippen molar-refractivity contribution in [3.63, 3.8) is 0 Å². The average molecular weight is 451 g/mol. The van der Waals surface area contributed by atoms with Crippen LogP contribution >= 0.6 is 0 Å². The van der Waals surface area contributed by atoms with Crippen LogP contribution in [-0.4, -0.2) is 53.9 Å². The normalized spacial score (nSPS) is 23.2. The van der Waals surface area contributed by atoms with Gasteiger partial charge in [0.05, 0.1) is 12.6 Å². The molecule has 10 heteroatoms. The average Bonchev–Trinajstić information content (AvgIpc) is 2.96. The predicted octanol–water partition coefficient (Wildman–Crippen LogP) is 1.13. The fourth-order valence-corrected chi connectivity index (χ4v) is 5.97. The van der Waals surface area contributed by atoms with Crippen molar-refractivity contribution >= 4 is 27.6 Å². The first-order valence-electron chi connectivity index (χ1n) is 10.8. The van der Waals surface area contributed by atoms with Crippen LogP contribution < -0.4 is 11.1 Å². The highest BCUT2D eigenvalue weighted by Gasteiger charge is 2.41. The Morgan fingerprint density at radius 3 is 2.52 bits per heavy atom. The minimum Gasteiger partial charge on any atom is -0.368 e. The summed E-state index contributed by atoms with van der Waals surface area (Å²) in [6.07, 6.45) is 7.66. The van der Waals surface area contributed by atoms with Gasteiger partial charge in [0.25, 0.3) is 10.0 Å². The van der Waals surface area contributed by atoms with Crippen molar-refractivity contribution in [2.45, 2.75) is 74.9 Å². The van der Waals surface area contributed by atoms with Crippen molar-refractivity contribution in [1.82, 2.24) is 14.6 Å². The van der Waals surface area contributed by atoms with Crippen LogP contribution in [0.2, 0.25) is 0 Å². The Hall–Kier alpha value is -2.33. The SMILES string of the molecule is NC(=O)[C@H]1CC[C@H](N(C(=O)CCC2CCCCC2)S(=O)(=O)c2ccccn2)C(=O)CN1. The Kier molecular flexibility index (Phi) is 7.77. The number of Topliss-reactive ketones (excluding diaryl/α,β-unsaturated/α-hetero) is 1. The van der Waals surface area contributed by atoms with Gasteiger partial charge in [-0.15, -0.1) is 0 Å². The number of pyridine rings is 1. The number of carbonyl (C=O) groups excluding carboxylic acids is 3. The summed E-state index contributed by atoms with van der Waals surface area (Å²) in [5, 5.41) is 2.48. The van der Waals surface area contributed by atoms with Gasteiger partial charge < -0.3 is 5.73 Å². The molecule has 0 bridgehead atoms. The molecule has 2 aliphatic rings. The van der Waals surface area contributed by atoms with Crippen LogP contribution in [0.25, 0.3) is 0 Å². The molecule has 0 aromatic carbocycles. The number of rotatable bonds is 7. The van der Waals surface area contributed by atoms with Gasteiger partial charge in [-0.1, -0.05) is 38.2 Å². The van der Waals surface area contributed by atoms with E-state index in [0.717, 1.165) is 25.7 Å². The van der Waals surface area contributed by atoms with Crippen molar-refractivity contribution in [1.29, 1.82) is 0 Å². The second-order valence-electron chi connectivity index (χ2n) is 8.30. The van der Waals surface area contributed by atoms with Crippen LogP contribution in [0.3, 0.4) is 0 Å². The molecule has 0 unspecified atom stereocenters. The molecule has 31 heavy (non-hydrogen) atoms.